The zero-order chi connectivity index (χ0) is 18.9. The molecule has 2 aromatic carbocycles. The van der Waals surface area contributed by atoms with Gasteiger partial charge in [-0.3, -0.25) is 0 Å². The average Bonchev–Trinajstić information content (AvgIpc) is 2.95. The zero-order valence-electron chi connectivity index (χ0n) is 14.8. The molecule has 0 unspecified atom stereocenters. The van der Waals surface area contributed by atoms with E-state index in [1.165, 1.54) is 28.4 Å². The van der Waals surface area contributed by atoms with E-state index in [4.69, 9.17) is 5.84 Å². The summed E-state index contributed by atoms with van der Waals surface area (Å²) in [6.07, 6.45) is 0. The second-order valence-corrected chi connectivity index (χ2v) is 7.93. The fourth-order valence-corrected chi connectivity index (χ4v) is 3.37. The predicted octanol–water partition coefficient (Wildman–Crippen LogP) is 4.53. The lowest BCUT2D eigenvalue weighted by atomic mass is 9.87. The number of nitrogens with two attached hydrogens (primary N) is 1. The standard InChI is InChI=1S/C19H20F2N4S/c1-19(2,3)13-9-7-12(8-10-13)17-23-24-18(25(17)22)26-11-14-15(20)5-4-6-16(14)21/h4-10H,11,22H2,1-3H3. The minimum absolute atomic E-state index is 0.00317. The van der Waals surface area contributed by atoms with Crippen LogP contribution >= 0.6 is 11.8 Å². The quantitative estimate of drug-likeness (QED) is 0.539. The minimum atomic E-state index is -0.585. The normalized spacial score (nSPS) is 11.7. The van der Waals surface area contributed by atoms with E-state index in [0.717, 1.165) is 17.3 Å². The van der Waals surface area contributed by atoms with Crippen molar-refractivity contribution < 1.29 is 8.78 Å². The number of nitrogen functional groups attached to an aromatic ring is 1. The summed E-state index contributed by atoms with van der Waals surface area (Å²) in [5, 5.41) is 8.55. The van der Waals surface area contributed by atoms with Gasteiger partial charge in [-0.05, 0) is 23.1 Å². The van der Waals surface area contributed by atoms with Gasteiger partial charge in [-0.25, -0.2) is 13.5 Å². The summed E-state index contributed by atoms with van der Waals surface area (Å²) in [6, 6.07) is 11.8. The van der Waals surface area contributed by atoms with E-state index in [0.29, 0.717) is 11.0 Å². The minimum Gasteiger partial charge on any atom is -0.335 e. The average molecular weight is 374 g/mol. The van der Waals surface area contributed by atoms with Crippen LogP contribution in [0, 0.1) is 11.6 Å². The van der Waals surface area contributed by atoms with Crippen molar-refractivity contribution in [1.82, 2.24) is 14.9 Å². The summed E-state index contributed by atoms with van der Waals surface area (Å²) in [5.74, 6) is 5.50. The summed E-state index contributed by atoms with van der Waals surface area (Å²) in [4.78, 5) is 0. The first-order valence-electron chi connectivity index (χ1n) is 8.14. The molecule has 0 saturated heterocycles. The van der Waals surface area contributed by atoms with E-state index in [-0.39, 0.29) is 16.7 Å². The molecule has 4 nitrogen and oxygen atoms in total. The van der Waals surface area contributed by atoms with E-state index < -0.39 is 11.6 Å². The van der Waals surface area contributed by atoms with Crippen molar-refractivity contribution in [2.45, 2.75) is 37.1 Å². The number of nitrogens with zero attached hydrogens (tertiary/aromatic N) is 3. The molecule has 3 rings (SSSR count). The Bertz CT molecular complexity index is 894. The van der Waals surface area contributed by atoms with Gasteiger partial charge in [0.2, 0.25) is 5.16 Å². The molecule has 0 atom stereocenters. The van der Waals surface area contributed by atoms with Gasteiger partial charge in [-0.1, -0.05) is 62.9 Å². The van der Waals surface area contributed by atoms with E-state index >= 15 is 0 Å². The highest BCUT2D eigenvalue weighted by molar-refractivity contribution is 7.98. The van der Waals surface area contributed by atoms with Gasteiger partial charge in [0.15, 0.2) is 5.82 Å². The molecular weight excluding hydrogens is 354 g/mol. The largest absolute Gasteiger partial charge is 0.335 e. The lowest BCUT2D eigenvalue weighted by Crippen LogP contribution is -2.12. The van der Waals surface area contributed by atoms with E-state index in [9.17, 15) is 8.78 Å². The smallest absolute Gasteiger partial charge is 0.210 e. The Morgan fingerprint density at radius 1 is 1.00 bits per heavy atom. The molecule has 0 fully saturated rings. The molecular formula is C19H20F2N4S. The molecule has 0 saturated carbocycles. The molecule has 0 radical (unpaired) electrons. The number of thioether (sulfide) groups is 1. The van der Waals surface area contributed by atoms with Crippen LogP contribution in [0.2, 0.25) is 0 Å². The molecule has 7 heteroatoms. The lowest BCUT2D eigenvalue weighted by molar-refractivity contribution is 0.566. The van der Waals surface area contributed by atoms with E-state index in [2.05, 4.69) is 31.0 Å². The van der Waals surface area contributed by atoms with Crippen LogP contribution in [-0.4, -0.2) is 14.9 Å². The summed E-state index contributed by atoms with van der Waals surface area (Å²) >= 11 is 1.14. The Morgan fingerprint density at radius 3 is 2.19 bits per heavy atom. The van der Waals surface area contributed by atoms with Crippen molar-refractivity contribution in [2.75, 3.05) is 5.84 Å². The van der Waals surface area contributed by atoms with Crippen molar-refractivity contribution in [2.24, 2.45) is 0 Å². The van der Waals surface area contributed by atoms with Crippen LogP contribution < -0.4 is 5.84 Å². The first-order chi connectivity index (χ1) is 12.3. The predicted molar refractivity (Wildman–Crippen MR) is 100 cm³/mol. The first-order valence-corrected chi connectivity index (χ1v) is 9.13. The number of halogens is 2. The number of rotatable bonds is 4. The highest BCUT2D eigenvalue weighted by Crippen LogP contribution is 2.28. The van der Waals surface area contributed by atoms with Crippen LogP contribution in [0.25, 0.3) is 11.4 Å². The van der Waals surface area contributed by atoms with Gasteiger partial charge in [0.1, 0.15) is 11.6 Å². The third-order valence-corrected chi connectivity index (χ3v) is 5.05. The molecule has 26 heavy (non-hydrogen) atoms. The Labute approximate surface area is 155 Å². The second-order valence-electron chi connectivity index (χ2n) is 6.99. The maximum atomic E-state index is 13.7. The van der Waals surface area contributed by atoms with E-state index in [1.54, 1.807) is 0 Å². The number of aromatic nitrogens is 3. The van der Waals surface area contributed by atoms with Crippen LogP contribution in [0.3, 0.4) is 0 Å². The molecule has 2 N–H and O–H groups in total. The molecule has 0 aliphatic carbocycles. The summed E-state index contributed by atoms with van der Waals surface area (Å²) in [7, 11) is 0. The van der Waals surface area contributed by atoms with Gasteiger partial charge in [0.25, 0.3) is 0 Å². The third kappa shape index (κ3) is 3.72. The fraction of sp³-hybridized carbons (Fsp3) is 0.263. The summed E-state index contributed by atoms with van der Waals surface area (Å²) < 4.78 is 28.8. The maximum Gasteiger partial charge on any atom is 0.210 e. The van der Waals surface area contributed by atoms with Crippen molar-refractivity contribution in [3.05, 3.63) is 65.2 Å². The Kier molecular flexibility index (Phi) is 5.00. The number of hydrogen-bond acceptors (Lipinski definition) is 4. The Morgan fingerprint density at radius 2 is 1.62 bits per heavy atom. The van der Waals surface area contributed by atoms with Crippen LogP contribution in [0.5, 0.6) is 0 Å². The van der Waals surface area contributed by atoms with Gasteiger partial charge in [0.05, 0.1) is 0 Å². The summed E-state index contributed by atoms with van der Waals surface area (Å²) in [5.41, 5.74) is 2.09. The molecule has 0 bridgehead atoms. The van der Waals surface area contributed by atoms with Gasteiger partial charge in [0, 0.05) is 16.9 Å². The molecule has 136 valence electrons. The van der Waals surface area contributed by atoms with Crippen LogP contribution in [0.15, 0.2) is 47.6 Å². The first kappa shape index (κ1) is 18.4. The monoisotopic (exact) mass is 374 g/mol. The molecule has 0 aliphatic rings. The Balaban J connectivity index is 1.80. The van der Waals surface area contributed by atoms with Crippen molar-refractivity contribution in [1.29, 1.82) is 0 Å². The third-order valence-electron chi connectivity index (χ3n) is 4.08. The molecule has 0 aliphatic heterocycles. The van der Waals surface area contributed by atoms with Crippen molar-refractivity contribution >= 4 is 11.8 Å². The van der Waals surface area contributed by atoms with Crippen LogP contribution in [-0.2, 0) is 11.2 Å². The Hall–Kier alpha value is -2.41. The maximum absolute atomic E-state index is 13.7. The lowest BCUT2D eigenvalue weighted by Gasteiger charge is -2.19. The van der Waals surface area contributed by atoms with Crippen LogP contribution in [0.4, 0.5) is 8.78 Å². The van der Waals surface area contributed by atoms with Gasteiger partial charge >= 0.3 is 0 Å². The number of hydrogen-bond donors (Lipinski definition) is 1. The van der Waals surface area contributed by atoms with E-state index in [1.807, 2.05) is 24.3 Å². The highest BCUT2D eigenvalue weighted by atomic mass is 32.2. The zero-order valence-corrected chi connectivity index (χ0v) is 15.6. The van der Waals surface area contributed by atoms with Gasteiger partial charge in [-0.2, -0.15) is 0 Å². The number of benzene rings is 2. The SMILES string of the molecule is CC(C)(C)c1ccc(-c2nnc(SCc3c(F)cccc3F)n2N)cc1. The molecule has 1 heterocycles. The van der Waals surface area contributed by atoms with Crippen molar-refractivity contribution in [3.8, 4) is 11.4 Å². The molecule has 3 aromatic rings. The summed E-state index contributed by atoms with van der Waals surface area (Å²) in [6.45, 7) is 6.43. The fourth-order valence-electron chi connectivity index (χ4n) is 2.50. The highest BCUT2D eigenvalue weighted by Gasteiger charge is 2.17. The molecule has 0 spiro atoms. The topological polar surface area (TPSA) is 56.7 Å². The van der Waals surface area contributed by atoms with Crippen LogP contribution in [0.1, 0.15) is 31.9 Å². The van der Waals surface area contributed by atoms with Gasteiger partial charge < -0.3 is 5.84 Å². The molecule has 0 amide bonds. The van der Waals surface area contributed by atoms with Crippen molar-refractivity contribution in [3.63, 3.8) is 0 Å². The molecule has 1 aromatic heterocycles. The van der Waals surface area contributed by atoms with Gasteiger partial charge in [-0.15, -0.1) is 10.2 Å². The second kappa shape index (κ2) is 7.07.